The van der Waals surface area contributed by atoms with Crippen LogP contribution in [0.15, 0.2) is 60.8 Å². The van der Waals surface area contributed by atoms with E-state index >= 15 is 8.78 Å². The number of fused-ring (bicyclic) bond motifs is 4. The Bertz CT molecular complexity index is 2710. The van der Waals surface area contributed by atoms with Gasteiger partial charge in [-0.05, 0) is 102 Å². The first kappa shape index (κ1) is 43.9. The van der Waals surface area contributed by atoms with Crippen LogP contribution in [0.5, 0.6) is 0 Å². The summed E-state index contributed by atoms with van der Waals surface area (Å²) in [5.74, 6) is -2.82. The van der Waals surface area contributed by atoms with E-state index in [1.165, 1.54) is 20.3 Å². The molecule has 14 nitrogen and oxygen atoms in total. The molecule has 3 fully saturated rings. The Kier molecular flexibility index (Phi) is 11.0. The standard InChI is InChI=1S/C49H56F2N8O6/c1-24(2)39(56-46(62)64-7)44(60)58-23-48(15-16-48)21-38(58)42-52-22-37(55-42)30-10-13-32-31-12-9-28(18-33(31)49(50,51)34(32)19-30)29-11-14-35-36(20-29)54-43(53-35)41-26(5)17-27(6)59(41)45(61)40(25(3)4)57-47(63)65-8/h9-14,18-20,22,24-27,38-41H,15-17,21,23H2,1-8H3,(H,52,55)(H,53,54)(H,56,62)(H,57,63)/t26-,27+,38-,39-,40-,41-/m0/s1. The molecule has 9 rings (SSSR count). The number of hydrogen-bond acceptors (Lipinski definition) is 8. The monoisotopic (exact) mass is 890 g/mol. The van der Waals surface area contributed by atoms with E-state index in [9.17, 15) is 19.2 Å². The Morgan fingerprint density at radius 3 is 1.98 bits per heavy atom. The number of rotatable bonds is 10. The Balaban J connectivity index is 0.961. The predicted molar refractivity (Wildman–Crippen MR) is 239 cm³/mol. The van der Waals surface area contributed by atoms with Crippen molar-refractivity contribution in [3.05, 3.63) is 83.6 Å². The van der Waals surface area contributed by atoms with Gasteiger partial charge in [-0.15, -0.1) is 0 Å². The Morgan fingerprint density at radius 1 is 0.785 bits per heavy atom. The largest absolute Gasteiger partial charge is 0.453 e. The average Bonchev–Trinajstić information content (AvgIpc) is 3.71. The number of nitrogens with zero attached hydrogens (tertiary/aromatic N) is 4. The zero-order valence-corrected chi connectivity index (χ0v) is 37.9. The van der Waals surface area contributed by atoms with Crippen LogP contribution in [0.25, 0.3) is 44.5 Å². The minimum atomic E-state index is -3.29. The smallest absolute Gasteiger partial charge is 0.407 e. The van der Waals surface area contributed by atoms with Gasteiger partial charge in [0.25, 0.3) is 5.92 Å². The molecule has 2 aromatic heterocycles. The number of likely N-dealkylation sites (tertiary alicyclic amines) is 2. The summed E-state index contributed by atoms with van der Waals surface area (Å²) in [5.41, 5.74) is 4.57. The number of hydrogen-bond donors (Lipinski definition) is 4. The van der Waals surface area contributed by atoms with Gasteiger partial charge in [-0.25, -0.2) is 19.6 Å². The van der Waals surface area contributed by atoms with Crippen molar-refractivity contribution in [2.45, 2.75) is 103 Å². The van der Waals surface area contributed by atoms with Crippen LogP contribution in [-0.4, -0.2) is 92.6 Å². The number of aromatic amines is 2. The summed E-state index contributed by atoms with van der Waals surface area (Å²) in [6.07, 6.45) is 3.75. The highest BCUT2D eigenvalue weighted by Crippen LogP contribution is 2.59. The highest BCUT2D eigenvalue weighted by Gasteiger charge is 2.55. The van der Waals surface area contributed by atoms with E-state index in [0.29, 0.717) is 57.2 Å². The van der Waals surface area contributed by atoms with Crippen molar-refractivity contribution in [1.29, 1.82) is 0 Å². The molecule has 2 aliphatic carbocycles. The van der Waals surface area contributed by atoms with Gasteiger partial charge >= 0.3 is 12.2 Å². The Morgan fingerprint density at radius 2 is 1.37 bits per heavy atom. The van der Waals surface area contributed by atoms with Crippen LogP contribution in [-0.2, 0) is 25.0 Å². The zero-order chi connectivity index (χ0) is 46.3. The van der Waals surface area contributed by atoms with Crippen LogP contribution < -0.4 is 10.6 Å². The molecule has 6 atom stereocenters. The number of methoxy groups -OCH3 is 2. The highest BCUT2D eigenvalue weighted by atomic mass is 19.3. The van der Waals surface area contributed by atoms with Gasteiger partial charge in [0.15, 0.2) is 0 Å². The van der Waals surface area contributed by atoms with Gasteiger partial charge in [0, 0.05) is 29.3 Å². The lowest BCUT2D eigenvalue weighted by Crippen LogP contribution is -2.52. The van der Waals surface area contributed by atoms with Gasteiger partial charge < -0.3 is 39.9 Å². The van der Waals surface area contributed by atoms with Crippen LogP contribution in [0.4, 0.5) is 18.4 Å². The number of amides is 4. The lowest BCUT2D eigenvalue weighted by molar-refractivity contribution is -0.138. The van der Waals surface area contributed by atoms with Gasteiger partial charge in [0.2, 0.25) is 11.8 Å². The third-order valence-electron chi connectivity index (χ3n) is 14.2. The maximum atomic E-state index is 16.7. The van der Waals surface area contributed by atoms with Crippen LogP contribution >= 0.6 is 0 Å². The van der Waals surface area contributed by atoms with Crippen LogP contribution in [0.3, 0.4) is 0 Å². The molecule has 1 saturated carbocycles. The molecule has 4 N–H and O–H groups in total. The minimum absolute atomic E-state index is 0.00800. The van der Waals surface area contributed by atoms with Crippen LogP contribution in [0.1, 0.15) is 102 Å². The van der Waals surface area contributed by atoms with Crippen molar-refractivity contribution in [2.24, 2.45) is 23.2 Å². The topological polar surface area (TPSA) is 175 Å². The number of nitrogens with one attached hydrogen (secondary N) is 4. The second-order valence-corrected chi connectivity index (χ2v) is 19.3. The van der Waals surface area contributed by atoms with Crippen molar-refractivity contribution in [2.75, 3.05) is 20.8 Å². The molecule has 16 heteroatoms. The predicted octanol–water partition coefficient (Wildman–Crippen LogP) is 8.85. The number of alkyl halides is 2. The molecule has 0 bridgehead atoms. The number of benzene rings is 3. The molecular formula is C49H56F2N8O6. The van der Waals surface area contributed by atoms with Crippen molar-refractivity contribution in [1.82, 2.24) is 40.4 Å². The lowest BCUT2D eigenvalue weighted by Gasteiger charge is -2.33. The van der Waals surface area contributed by atoms with E-state index in [0.717, 1.165) is 31.2 Å². The number of aromatic nitrogens is 4. The SMILES string of the molecule is COC(=O)N[C@H](C(=O)N1CC2(CC2)C[C@H]1c1ncc(-c2ccc3c(c2)C(F)(F)c2cc(-c4ccc5nc([C@@H]6[C@@H](C)C[C@@H](C)N6C(=O)[C@@H](NC(=O)OC)C(C)C)[nH]c5c4)ccc2-3)[nH]1)C(C)C. The van der Waals surface area contributed by atoms with E-state index in [4.69, 9.17) is 19.4 Å². The first-order chi connectivity index (χ1) is 30.9. The van der Waals surface area contributed by atoms with Gasteiger partial charge in [0.05, 0.1) is 49.2 Å². The van der Waals surface area contributed by atoms with Gasteiger partial charge in [-0.3, -0.25) is 9.59 Å². The molecule has 4 heterocycles. The Labute approximate surface area is 376 Å². The summed E-state index contributed by atoms with van der Waals surface area (Å²) < 4.78 is 43.0. The summed E-state index contributed by atoms with van der Waals surface area (Å²) in [6, 6.07) is 13.4. The number of alkyl carbamates (subject to hydrolysis) is 2. The second-order valence-electron chi connectivity index (χ2n) is 19.3. The van der Waals surface area contributed by atoms with E-state index in [1.54, 1.807) is 29.3 Å². The zero-order valence-electron chi connectivity index (χ0n) is 37.9. The highest BCUT2D eigenvalue weighted by molar-refractivity contribution is 5.89. The molecule has 0 radical (unpaired) electrons. The molecule has 2 aliphatic heterocycles. The van der Waals surface area contributed by atoms with E-state index < -0.39 is 30.2 Å². The summed E-state index contributed by atoms with van der Waals surface area (Å²) in [7, 11) is 2.53. The third-order valence-corrected chi connectivity index (χ3v) is 14.2. The van der Waals surface area contributed by atoms with E-state index in [-0.39, 0.29) is 64.2 Å². The minimum Gasteiger partial charge on any atom is -0.453 e. The molecule has 342 valence electrons. The van der Waals surface area contributed by atoms with E-state index in [1.807, 2.05) is 69.9 Å². The number of ether oxygens (including phenoxy) is 2. The number of halogens is 2. The van der Waals surface area contributed by atoms with Crippen LogP contribution in [0.2, 0.25) is 0 Å². The van der Waals surface area contributed by atoms with Crippen LogP contribution in [0, 0.1) is 23.2 Å². The maximum absolute atomic E-state index is 16.7. The quantitative estimate of drug-likeness (QED) is 0.108. The lowest BCUT2D eigenvalue weighted by atomic mass is 9.98. The summed E-state index contributed by atoms with van der Waals surface area (Å²) in [5, 5.41) is 5.41. The molecule has 65 heavy (non-hydrogen) atoms. The molecule has 2 saturated heterocycles. The van der Waals surface area contributed by atoms with Crippen molar-refractivity contribution in [3.63, 3.8) is 0 Å². The van der Waals surface area contributed by atoms with E-state index in [2.05, 4.69) is 27.5 Å². The number of carbonyl (C=O) groups excluding carboxylic acids is 4. The summed E-state index contributed by atoms with van der Waals surface area (Å²) >= 11 is 0. The molecule has 4 amide bonds. The fourth-order valence-electron chi connectivity index (χ4n) is 10.5. The first-order valence-corrected chi connectivity index (χ1v) is 22.5. The summed E-state index contributed by atoms with van der Waals surface area (Å²) in [6.45, 7) is 12.1. The third kappa shape index (κ3) is 7.67. The molecule has 4 aliphatic rings. The number of imidazole rings is 2. The summed E-state index contributed by atoms with van der Waals surface area (Å²) in [4.78, 5) is 72.4. The molecule has 3 aromatic carbocycles. The first-order valence-electron chi connectivity index (χ1n) is 22.5. The van der Waals surface area contributed by atoms with Gasteiger partial charge in [-0.1, -0.05) is 65.0 Å². The number of carbonyl (C=O) groups is 4. The van der Waals surface area contributed by atoms with Crippen molar-refractivity contribution >= 4 is 35.0 Å². The van der Waals surface area contributed by atoms with Crippen molar-refractivity contribution < 1.29 is 37.4 Å². The average molecular weight is 891 g/mol. The fraction of sp³-hybridized carbons (Fsp3) is 0.469. The molecule has 5 aromatic rings. The van der Waals surface area contributed by atoms with Crippen molar-refractivity contribution in [3.8, 4) is 33.5 Å². The van der Waals surface area contributed by atoms with Gasteiger partial charge in [-0.2, -0.15) is 8.78 Å². The maximum Gasteiger partial charge on any atom is 0.407 e. The second kappa shape index (κ2) is 16.3. The number of H-pyrrole nitrogens is 2. The molecular weight excluding hydrogens is 835 g/mol. The normalized spacial score (nSPS) is 22.3. The Hall–Kier alpha value is -6.32. The molecule has 1 spiro atoms. The fourth-order valence-corrected chi connectivity index (χ4v) is 10.5. The molecule has 0 unspecified atom stereocenters. The van der Waals surface area contributed by atoms with Gasteiger partial charge in [0.1, 0.15) is 23.7 Å².